The highest BCUT2D eigenvalue weighted by molar-refractivity contribution is 7.17. The van der Waals surface area contributed by atoms with E-state index in [0.717, 1.165) is 4.57 Å². The Kier molecular flexibility index (Phi) is 6.02. The van der Waals surface area contributed by atoms with Crippen molar-refractivity contribution in [2.75, 3.05) is 19.5 Å². The molecule has 0 bridgehead atoms. The van der Waals surface area contributed by atoms with Crippen LogP contribution in [0.4, 0.5) is 5.69 Å². The average molecular weight is 472 g/mol. The van der Waals surface area contributed by atoms with Crippen molar-refractivity contribution in [3.8, 4) is 17.2 Å². The zero-order valence-corrected chi connectivity index (χ0v) is 18.7. The maximum atomic E-state index is 13.3. The van der Waals surface area contributed by atoms with E-state index in [1.807, 2.05) is 0 Å². The van der Waals surface area contributed by atoms with Crippen molar-refractivity contribution < 1.29 is 14.3 Å². The van der Waals surface area contributed by atoms with Crippen LogP contribution in [-0.4, -0.2) is 29.3 Å². The molecule has 1 N–H and O–H groups in total. The van der Waals surface area contributed by atoms with Gasteiger partial charge in [-0.1, -0.05) is 17.7 Å². The van der Waals surface area contributed by atoms with E-state index in [9.17, 15) is 14.4 Å². The fraction of sp³-hybridized carbons (Fsp3) is 0.136. The van der Waals surface area contributed by atoms with E-state index in [4.69, 9.17) is 21.1 Å². The Morgan fingerprint density at radius 2 is 1.84 bits per heavy atom. The fourth-order valence-electron chi connectivity index (χ4n) is 3.34. The molecule has 0 aliphatic heterocycles. The van der Waals surface area contributed by atoms with Crippen LogP contribution in [0.5, 0.6) is 11.5 Å². The molecule has 0 saturated carbocycles. The van der Waals surface area contributed by atoms with E-state index in [1.165, 1.54) is 36.2 Å². The van der Waals surface area contributed by atoms with Gasteiger partial charge in [-0.3, -0.25) is 14.2 Å². The second-order valence-electron chi connectivity index (χ2n) is 6.74. The third kappa shape index (κ3) is 4.00. The lowest BCUT2D eigenvalue weighted by Gasteiger charge is -2.13. The molecule has 4 aromatic rings. The van der Waals surface area contributed by atoms with Gasteiger partial charge in [-0.2, -0.15) is 0 Å². The molecule has 8 nitrogen and oxygen atoms in total. The van der Waals surface area contributed by atoms with E-state index in [0.29, 0.717) is 38.1 Å². The summed E-state index contributed by atoms with van der Waals surface area (Å²) in [6, 6.07) is 13.0. The molecule has 10 heteroatoms. The zero-order chi connectivity index (χ0) is 22.8. The summed E-state index contributed by atoms with van der Waals surface area (Å²) in [5.41, 5.74) is 0.109. The lowest BCUT2D eigenvalue weighted by molar-refractivity contribution is -0.116. The van der Waals surface area contributed by atoms with E-state index in [-0.39, 0.29) is 6.54 Å². The first-order valence-electron chi connectivity index (χ1n) is 9.44. The highest BCUT2D eigenvalue weighted by Crippen LogP contribution is 2.29. The van der Waals surface area contributed by atoms with E-state index in [1.54, 1.807) is 47.8 Å². The number of anilines is 1. The Balaban J connectivity index is 1.73. The number of nitrogens with one attached hydrogen (secondary N) is 1. The van der Waals surface area contributed by atoms with Gasteiger partial charge in [0.25, 0.3) is 5.56 Å². The molecule has 0 radical (unpaired) electrons. The van der Waals surface area contributed by atoms with Crippen molar-refractivity contribution in [3.63, 3.8) is 0 Å². The summed E-state index contributed by atoms with van der Waals surface area (Å²) in [6.45, 7) is -0.290. The molecule has 2 aromatic carbocycles. The molecule has 0 fully saturated rings. The largest absolute Gasteiger partial charge is 0.493 e. The van der Waals surface area contributed by atoms with Crippen LogP contribution in [0.3, 0.4) is 0 Å². The van der Waals surface area contributed by atoms with Crippen molar-refractivity contribution in [2.45, 2.75) is 6.54 Å². The van der Waals surface area contributed by atoms with Crippen LogP contribution in [0, 0.1) is 0 Å². The average Bonchev–Trinajstić information content (AvgIpc) is 3.27. The highest BCUT2D eigenvalue weighted by Gasteiger charge is 2.18. The first-order valence-corrected chi connectivity index (χ1v) is 10.7. The van der Waals surface area contributed by atoms with Crippen LogP contribution in [0.25, 0.3) is 15.9 Å². The second kappa shape index (κ2) is 8.89. The lowest BCUT2D eigenvalue weighted by Crippen LogP contribution is -2.40. The van der Waals surface area contributed by atoms with Crippen LogP contribution in [0.2, 0.25) is 5.02 Å². The summed E-state index contributed by atoms with van der Waals surface area (Å²) in [7, 11) is 3.01. The maximum absolute atomic E-state index is 13.3. The van der Waals surface area contributed by atoms with Crippen molar-refractivity contribution in [3.05, 3.63) is 79.8 Å². The number of ether oxygens (including phenoxy) is 2. The number of hydrogen-bond donors (Lipinski definition) is 1. The van der Waals surface area contributed by atoms with Gasteiger partial charge >= 0.3 is 5.69 Å². The number of benzene rings is 2. The van der Waals surface area contributed by atoms with Gasteiger partial charge in [-0.05, 0) is 41.8 Å². The number of carbonyl (C=O) groups excluding carboxylic acids is 1. The minimum atomic E-state index is -0.634. The Morgan fingerprint density at radius 3 is 2.56 bits per heavy atom. The molecular formula is C22H18ClN3O5S. The number of aromatic nitrogens is 2. The Morgan fingerprint density at radius 1 is 1.06 bits per heavy atom. The number of amides is 1. The molecule has 0 aliphatic rings. The van der Waals surface area contributed by atoms with E-state index < -0.39 is 17.2 Å². The molecule has 0 atom stereocenters. The third-order valence-corrected chi connectivity index (χ3v) is 5.92. The van der Waals surface area contributed by atoms with Crippen LogP contribution in [0.1, 0.15) is 0 Å². The summed E-state index contributed by atoms with van der Waals surface area (Å²) in [6.07, 6.45) is 0. The van der Waals surface area contributed by atoms with Crippen LogP contribution in [0.15, 0.2) is 63.5 Å². The standard InChI is InChI=1S/C22H18ClN3O5S/c1-30-17-7-6-14(11-18(17)31-2)24-19(27)12-25-16-8-9-32-20(16)21(28)26(22(25)29)15-5-3-4-13(23)10-15/h3-11H,12H2,1-2H3,(H,24,27). The van der Waals surface area contributed by atoms with Crippen molar-refractivity contribution >= 4 is 44.7 Å². The molecular weight excluding hydrogens is 454 g/mol. The van der Waals surface area contributed by atoms with Gasteiger partial charge in [0.15, 0.2) is 11.5 Å². The molecule has 2 aromatic heterocycles. The molecule has 32 heavy (non-hydrogen) atoms. The first kappa shape index (κ1) is 21.7. The maximum Gasteiger partial charge on any atom is 0.336 e. The zero-order valence-electron chi connectivity index (χ0n) is 17.1. The Hall–Kier alpha value is -3.56. The van der Waals surface area contributed by atoms with Gasteiger partial charge in [-0.25, -0.2) is 9.36 Å². The van der Waals surface area contributed by atoms with Gasteiger partial charge in [-0.15, -0.1) is 11.3 Å². The number of halogens is 1. The predicted octanol–water partition coefficient (Wildman–Crippen LogP) is 3.52. The number of rotatable bonds is 6. The minimum absolute atomic E-state index is 0.290. The lowest BCUT2D eigenvalue weighted by atomic mass is 10.2. The third-order valence-electron chi connectivity index (χ3n) is 4.79. The summed E-state index contributed by atoms with van der Waals surface area (Å²) in [5, 5.41) is 4.84. The number of methoxy groups -OCH3 is 2. The normalized spacial score (nSPS) is 10.8. The topological polar surface area (TPSA) is 91.6 Å². The fourth-order valence-corrected chi connectivity index (χ4v) is 4.35. The Labute approximate surface area is 191 Å². The van der Waals surface area contributed by atoms with Crippen LogP contribution >= 0.6 is 22.9 Å². The van der Waals surface area contributed by atoms with Crippen molar-refractivity contribution in [1.29, 1.82) is 0 Å². The molecule has 4 rings (SSSR count). The monoisotopic (exact) mass is 471 g/mol. The predicted molar refractivity (Wildman–Crippen MR) is 125 cm³/mol. The molecule has 0 aliphatic carbocycles. The van der Waals surface area contributed by atoms with E-state index >= 15 is 0 Å². The van der Waals surface area contributed by atoms with Crippen molar-refractivity contribution in [2.24, 2.45) is 0 Å². The number of fused-ring (bicyclic) bond motifs is 1. The summed E-state index contributed by atoms with van der Waals surface area (Å²) in [5.74, 6) is 0.538. The van der Waals surface area contributed by atoms with Gasteiger partial charge in [0.05, 0.1) is 25.4 Å². The quantitative estimate of drug-likeness (QED) is 0.464. The summed E-state index contributed by atoms with van der Waals surface area (Å²) < 4.78 is 13.1. The number of hydrogen-bond acceptors (Lipinski definition) is 6. The van der Waals surface area contributed by atoms with Gasteiger partial charge in [0.1, 0.15) is 11.2 Å². The minimum Gasteiger partial charge on any atom is -0.493 e. The number of nitrogens with zero attached hydrogens (tertiary/aromatic N) is 2. The summed E-state index contributed by atoms with van der Waals surface area (Å²) in [4.78, 5) is 39.0. The second-order valence-corrected chi connectivity index (χ2v) is 8.09. The number of carbonyl (C=O) groups is 1. The number of thiophene rings is 1. The highest BCUT2D eigenvalue weighted by atomic mass is 35.5. The smallest absolute Gasteiger partial charge is 0.336 e. The van der Waals surface area contributed by atoms with Gasteiger partial charge in [0.2, 0.25) is 5.91 Å². The molecule has 164 valence electrons. The molecule has 2 heterocycles. The van der Waals surface area contributed by atoms with E-state index in [2.05, 4.69) is 5.32 Å². The molecule has 0 spiro atoms. The molecule has 0 unspecified atom stereocenters. The molecule has 0 saturated heterocycles. The van der Waals surface area contributed by atoms with Gasteiger partial charge in [0, 0.05) is 16.8 Å². The van der Waals surface area contributed by atoms with Crippen molar-refractivity contribution in [1.82, 2.24) is 9.13 Å². The SMILES string of the molecule is COc1ccc(NC(=O)Cn2c(=O)n(-c3cccc(Cl)c3)c(=O)c3sccc32)cc1OC. The van der Waals surface area contributed by atoms with Crippen LogP contribution in [-0.2, 0) is 11.3 Å². The summed E-state index contributed by atoms with van der Waals surface area (Å²) >= 11 is 7.25. The first-order chi connectivity index (χ1) is 15.4. The Bertz CT molecular complexity index is 1440. The van der Waals surface area contributed by atoms with Crippen LogP contribution < -0.4 is 26.0 Å². The molecule has 1 amide bonds. The van der Waals surface area contributed by atoms with Gasteiger partial charge < -0.3 is 14.8 Å².